The second kappa shape index (κ2) is 5.69. The van der Waals surface area contributed by atoms with Gasteiger partial charge in [0, 0.05) is 18.5 Å². The first-order valence-corrected chi connectivity index (χ1v) is 6.89. The lowest BCUT2D eigenvalue weighted by Gasteiger charge is -2.34. The molecule has 1 aliphatic heterocycles. The number of aromatic amines is 1. The number of H-pyrrole nitrogens is 1. The molecule has 2 atom stereocenters. The van der Waals surface area contributed by atoms with E-state index >= 15 is 0 Å². The summed E-state index contributed by atoms with van der Waals surface area (Å²) in [5.41, 5.74) is 0. The molecule has 2 rings (SSSR count). The smallest absolute Gasteiger partial charge is 0.291 e. The fraction of sp³-hybridized carbons (Fsp3) is 0.769. The molecule has 1 aliphatic rings. The molecular weight excluding hydrogens is 242 g/mol. The van der Waals surface area contributed by atoms with Gasteiger partial charge in [0.2, 0.25) is 5.82 Å². The van der Waals surface area contributed by atoms with Crippen LogP contribution in [0.4, 0.5) is 0 Å². The highest BCUT2D eigenvalue weighted by Crippen LogP contribution is 2.16. The number of aromatic nitrogens is 3. The summed E-state index contributed by atoms with van der Waals surface area (Å²) < 4.78 is 0. The van der Waals surface area contributed by atoms with Gasteiger partial charge in [0.1, 0.15) is 5.82 Å². The predicted molar refractivity (Wildman–Crippen MR) is 73.0 cm³/mol. The number of amides is 1. The van der Waals surface area contributed by atoms with Crippen LogP contribution in [0.3, 0.4) is 0 Å². The molecular formula is C13H23N5O. The number of rotatable bonds is 3. The summed E-state index contributed by atoms with van der Waals surface area (Å²) in [6.07, 6.45) is 0.977. The quantitative estimate of drug-likeness (QED) is 0.855. The molecule has 0 spiro atoms. The van der Waals surface area contributed by atoms with E-state index in [-0.39, 0.29) is 23.7 Å². The highest BCUT2D eigenvalue weighted by atomic mass is 16.2. The average Bonchev–Trinajstić information content (AvgIpc) is 2.82. The minimum Gasteiger partial charge on any atom is -0.346 e. The molecule has 2 heterocycles. The molecule has 2 N–H and O–H groups in total. The Bertz CT molecular complexity index is 442. The first-order valence-electron chi connectivity index (χ1n) is 6.89. The predicted octanol–water partition coefficient (Wildman–Crippen LogP) is 0.998. The molecule has 1 aromatic heterocycles. The van der Waals surface area contributed by atoms with E-state index in [1.54, 1.807) is 0 Å². The van der Waals surface area contributed by atoms with Gasteiger partial charge in [0.05, 0.1) is 0 Å². The lowest BCUT2D eigenvalue weighted by Crippen LogP contribution is -2.49. The molecule has 0 saturated carbocycles. The van der Waals surface area contributed by atoms with Crippen molar-refractivity contribution in [1.82, 2.24) is 25.4 Å². The van der Waals surface area contributed by atoms with Gasteiger partial charge in [-0.2, -0.15) is 0 Å². The number of hydrogen-bond donors (Lipinski definition) is 2. The molecule has 1 aromatic rings. The van der Waals surface area contributed by atoms with Crippen LogP contribution in [0.5, 0.6) is 0 Å². The number of likely N-dealkylation sites (tertiary alicyclic amines) is 1. The Morgan fingerprint density at radius 3 is 2.84 bits per heavy atom. The van der Waals surface area contributed by atoms with E-state index in [4.69, 9.17) is 0 Å². The zero-order valence-corrected chi connectivity index (χ0v) is 12.1. The SMILES string of the molecule is CC(C)c1nc(C(=O)NC2CCN(C)CC2C)n[nH]1. The van der Waals surface area contributed by atoms with Crippen molar-refractivity contribution in [3.05, 3.63) is 11.6 Å². The van der Waals surface area contributed by atoms with Crippen LogP contribution in [0.15, 0.2) is 0 Å². The van der Waals surface area contributed by atoms with Crippen molar-refractivity contribution in [2.24, 2.45) is 5.92 Å². The molecule has 1 saturated heterocycles. The van der Waals surface area contributed by atoms with Crippen LogP contribution in [0.1, 0.15) is 49.6 Å². The van der Waals surface area contributed by atoms with Crippen LogP contribution in [0, 0.1) is 5.92 Å². The van der Waals surface area contributed by atoms with Gasteiger partial charge in [0.25, 0.3) is 5.91 Å². The third-order valence-electron chi connectivity index (χ3n) is 3.68. The number of carbonyl (C=O) groups is 1. The largest absolute Gasteiger partial charge is 0.346 e. The molecule has 6 nitrogen and oxygen atoms in total. The molecule has 2 unspecified atom stereocenters. The number of hydrogen-bond acceptors (Lipinski definition) is 4. The highest BCUT2D eigenvalue weighted by Gasteiger charge is 2.27. The van der Waals surface area contributed by atoms with Crippen LogP contribution < -0.4 is 5.32 Å². The van der Waals surface area contributed by atoms with Crippen molar-refractivity contribution >= 4 is 5.91 Å². The first kappa shape index (κ1) is 14.0. The molecule has 0 aliphatic carbocycles. The van der Waals surface area contributed by atoms with E-state index in [2.05, 4.69) is 39.4 Å². The van der Waals surface area contributed by atoms with Gasteiger partial charge < -0.3 is 10.2 Å². The molecule has 1 fully saturated rings. The van der Waals surface area contributed by atoms with Gasteiger partial charge in [0.15, 0.2) is 0 Å². The first-order chi connectivity index (χ1) is 8.97. The fourth-order valence-corrected chi connectivity index (χ4v) is 2.44. The van der Waals surface area contributed by atoms with Gasteiger partial charge >= 0.3 is 0 Å². The van der Waals surface area contributed by atoms with E-state index in [1.807, 2.05) is 13.8 Å². The summed E-state index contributed by atoms with van der Waals surface area (Å²) in [7, 11) is 2.11. The maximum atomic E-state index is 12.1. The Hall–Kier alpha value is -1.43. The Kier molecular flexibility index (Phi) is 4.19. The normalized spacial score (nSPS) is 24.7. The molecule has 0 radical (unpaired) electrons. The maximum Gasteiger partial charge on any atom is 0.291 e. The highest BCUT2D eigenvalue weighted by molar-refractivity contribution is 5.90. The minimum atomic E-state index is -0.176. The number of nitrogens with one attached hydrogen (secondary N) is 2. The van der Waals surface area contributed by atoms with E-state index in [0.29, 0.717) is 5.92 Å². The van der Waals surface area contributed by atoms with E-state index in [1.165, 1.54) is 0 Å². The molecule has 0 bridgehead atoms. The molecule has 19 heavy (non-hydrogen) atoms. The lowest BCUT2D eigenvalue weighted by atomic mass is 9.94. The average molecular weight is 265 g/mol. The van der Waals surface area contributed by atoms with Crippen LogP contribution in [-0.4, -0.2) is 52.2 Å². The van der Waals surface area contributed by atoms with E-state index in [9.17, 15) is 4.79 Å². The molecule has 106 valence electrons. The van der Waals surface area contributed by atoms with Crippen molar-refractivity contribution in [2.45, 2.75) is 39.2 Å². The summed E-state index contributed by atoms with van der Waals surface area (Å²) >= 11 is 0. The summed E-state index contributed by atoms with van der Waals surface area (Å²) in [5, 5.41) is 9.84. The van der Waals surface area contributed by atoms with Crippen LogP contribution in [0.25, 0.3) is 0 Å². The van der Waals surface area contributed by atoms with Crippen molar-refractivity contribution in [3.63, 3.8) is 0 Å². The molecule has 1 amide bonds. The zero-order chi connectivity index (χ0) is 14.0. The second-order valence-corrected chi connectivity index (χ2v) is 5.81. The van der Waals surface area contributed by atoms with Crippen molar-refractivity contribution in [3.8, 4) is 0 Å². The van der Waals surface area contributed by atoms with E-state index < -0.39 is 0 Å². The zero-order valence-electron chi connectivity index (χ0n) is 12.1. The summed E-state index contributed by atoms with van der Waals surface area (Å²) in [4.78, 5) is 18.6. The molecule has 6 heteroatoms. The second-order valence-electron chi connectivity index (χ2n) is 5.81. The topological polar surface area (TPSA) is 73.9 Å². The van der Waals surface area contributed by atoms with Crippen LogP contribution >= 0.6 is 0 Å². The third kappa shape index (κ3) is 3.32. The lowest BCUT2D eigenvalue weighted by molar-refractivity contribution is 0.0873. The monoisotopic (exact) mass is 265 g/mol. The maximum absolute atomic E-state index is 12.1. The number of nitrogens with zero attached hydrogens (tertiary/aromatic N) is 3. The van der Waals surface area contributed by atoms with Crippen molar-refractivity contribution in [2.75, 3.05) is 20.1 Å². The molecule has 0 aromatic carbocycles. The van der Waals surface area contributed by atoms with Gasteiger partial charge in [-0.15, -0.1) is 5.10 Å². The Labute approximate surface area is 114 Å². The van der Waals surface area contributed by atoms with Crippen LogP contribution in [0.2, 0.25) is 0 Å². The van der Waals surface area contributed by atoms with Crippen molar-refractivity contribution in [1.29, 1.82) is 0 Å². The fourth-order valence-electron chi connectivity index (χ4n) is 2.44. The van der Waals surface area contributed by atoms with E-state index in [0.717, 1.165) is 25.3 Å². The van der Waals surface area contributed by atoms with Crippen LogP contribution in [-0.2, 0) is 0 Å². The van der Waals surface area contributed by atoms with Gasteiger partial charge in [-0.1, -0.05) is 20.8 Å². The van der Waals surface area contributed by atoms with Gasteiger partial charge in [-0.3, -0.25) is 9.89 Å². The van der Waals surface area contributed by atoms with Crippen molar-refractivity contribution < 1.29 is 4.79 Å². The Morgan fingerprint density at radius 1 is 1.53 bits per heavy atom. The minimum absolute atomic E-state index is 0.176. The summed E-state index contributed by atoms with van der Waals surface area (Å²) in [5.74, 6) is 1.52. The standard InChI is InChI=1S/C13H23N5O/c1-8(2)11-15-12(17-16-11)13(19)14-10-5-6-18(4)7-9(10)3/h8-10H,5-7H2,1-4H3,(H,14,19)(H,15,16,17). The number of piperidine rings is 1. The summed E-state index contributed by atoms with van der Waals surface area (Å²) in [6.45, 7) is 8.22. The third-order valence-corrected chi connectivity index (χ3v) is 3.68. The van der Waals surface area contributed by atoms with Gasteiger partial charge in [-0.05, 0) is 25.9 Å². The Balaban J connectivity index is 1.96. The van der Waals surface area contributed by atoms with Gasteiger partial charge in [-0.25, -0.2) is 4.98 Å². The Morgan fingerprint density at radius 2 is 2.26 bits per heavy atom. The number of carbonyl (C=O) groups excluding carboxylic acids is 1. The summed E-state index contributed by atoms with van der Waals surface area (Å²) in [6, 6.07) is 0.213.